The molecular weight excluding hydrogens is 380 g/mol. The molecule has 0 heterocycles. The van der Waals surface area contributed by atoms with Crippen LogP contribution in [0, 0.1) is 10.1 Å². The van der Waals surface area contributed by atoms with Gasteiger partial charge in [0, 0.05) is 24.7 Å². The van der Waals surface area contributed by atoms with Gasteiger partial charge in [-0.3, -0.25) is 19.7 Å². The first-order chi connectivity index (χ1) is 13.9. The van der Waals surface area contributed by atoms with Crippen LogP contribution < -0.4 is 14.2 Å². The highest BCUT2D eigenvalue weighted by atomic mass is 16.6. The van der Waals surface area contributed by atoms with Gasteiger partial charge in [-0.05, 0) is 36.8 Å². The third-order valence-electron chi connectivity index (χ3n) is 4.22. The Morgan fingerprint density at radius 2 is 1.79 bits per heavy atom. The van der Waals surface area contributed by atoms with Gasteiger partial charge in [-0.15, -0.1) is 0 Å². The summed E-state index contributed by atoms with van der Waals surface area (Å²) in [5.74, 6) is 0.725. The Bertz CT molecular complexity index is 898. The van der Waals surface area contributed by atoms with E-state index in [1.54, 1.807) is 17.0 Å². The van der Waals surface area contributed by atoms with E-state index in [4.69, 9.17) is 14.2 Å². The SMILES string of the molecule is CCN(Cc1ccc(OC)c(OC)c1)C(=O)COc1ccc(C=O)cc1[N+](=O)[O-]. The number of hydrogen-bond acceptors (Lipinski definition) is 7. The molecule has 0 N–H and O–H groups in total. The Kier molecular flexibility index (Phi) is 7.53. The Labute approximate surface area is 167 Å². The summed E-state index contributed by atoms with van der Waals surface area (Å²) in [6, 6.07) is 9.15. The van der Waals surface area contributed by atoms with Gasteiger partial charge >= 0.3 is 5.69 Å². The average Bonchev–Trinajstić information content (AvgIpc) is 2.75. The molecule has 0 aliphatic carbocycles. The van der Waals surface area contributed by atoms with Gasteiger partial charge in [0.05, 0.1) is 19.1 Å². The lowest BCUT2D eigenvalue weighted by molar-refractivity contribution is -0.385. The number of carbonyl (C=O) groups excluding carboxylic acids is 2. The third kappa shape index (κ3) is 5.44. The number of likely N-dealkylation sites (N-methyl/N-ethyl adjacent to an activating group) is 1. The van der Waals surface area contributed by atoms with Gasteiger partial charge in [-0.2, -0.15) is 0 Å². The second kappa shape index (κ2) is 10.1. The van der Waals surface area contributed by atoms with Crippen LogP contribution in [0.4, 0.5) is 5.69 Å². The van der Waals surface area contributed by atoms with E-state index in [-0.39, 0.29) is 29.5 Å². The molecule has 2 rings (SSSR count). The molecule has 29 heavy (non-hydrogen) atoms. The number of methoxy groups -OCH3 is 2. The molecule has 9 nitrogen and oxygen atoms in total. The van der Waals surface area contributed by atoms with E-state index in [1.807, 2.05) is 13.0 Å². The lowest BCUT2D eigenvalue weighted by Gasteiger charge is -2.21. The molecule has 0 bridgehead atoms. The molecular formula is C20H22N2O7. The average molecular weight is 402 g/mol. The molecule has 1 amide bonds. The number of benzene rings is 2. The van der Waals surface area contributed by atoms with Crippen molar-refractivity contribution >= 4 is 17.9 Å². The molecule has 2 aromatic rings. The highest BCUT2D eigenvalue weighted by Crippen LogP contribution is 2.29. The van der Waals surface area contributed by atoms with E-state index in [9.17, 15) is 19.7 Å². The van der Waals surface area contributed by atoms with Crippen molar-refractivity contribution in [3.05, 3.63) is 57.6 Å². The van der Waals surface area contributed by atoms with Crippen LogP contribution in [0.15, 0.2) is 36.4 Å². The van der Waals surface area contributed by atoms with Crippen LogP contribution in [-0.2, 0) is 11.3 Å². The molecule has 0 radical (unpaired) electrons. The number of rotatable bonds is 10. The maximum atomic E-state index is 12.6. The van der Waals surface area contributed by atoms with Crippen molar-refractivity contribution in [3.63, 3.8) is 0 Å². The van der Waals surface area contributed by atoms with Crippen molar-refractivity contribution < 1.29 is 28.7 Å². The van der Waals surface area contributed by atoms with Crippen LogP contribution >= 0.6 is 0 Å². The first kappa shape index (κ1) is 21.7. The molecule has 2 aromatic carbocycles. The summed E-state index contributed by atoms with van der Waals surface area (Å²) < 4.78 is 15.8. The first-order valence-electron chi connectivity index (χ1n) is 8.78. The Morgan fingerprint density at radius 3 is 2.38 bits per heavy atom. The quantitative estimate of drug-likeness (QED) is 0.341. The Hall–Kier alpha value is -3.62. The topological polar surface area (TPSA) is 108 Å². The predicted octanol–water partition coefficient (Wildman–Crippen LogP) is 2.85. The highest BCUT2D eigenvalue weighted by Gasteiger charge is 2.19. The summed E-state index contributed by atoms with van der Waals surface area (Å²) in [4.78, 5) is 35.4. The van der Waals surface area contributed by atoms with Crippen molar-refractivity contribution in [1.82, 2.24) is 4.90 Å². The van der Waals surface area contributed by atoms with E-state index in [0.717, 1.165) is 11.6 Å². The van der Waals surface area contributed by atoms with Crippen LogP contribution in [0.2, 0.25) is 0 Å². The van der Waals surface area contributed by atoms with E-state index < -0.39 is 4.92 Å². The minimum Gasteiger partial charge on any atom is -0.493 e. The maximum Gasteiger partial charge on any atom is 0.311 e. The van der Waals surface area contributed by atoms with Crippen molar-refractivity contribution in [1.29, 1.82) is 0 Å². The van der Waals surface area contributed by atoms with Crippen LogP contribution in [0.3, 0.4) is 0 Å². The monoisotopic (exact) mass is 402 g/mol. The summed E-state index contributed by atoms with van der Waals surface area (Å²) >= 11 is 0. The highest BCUT2D eigenvalue weighted by molar-refractivity contribution is 5.79. The predicted molar refractivity (Wildman–Crippen MR) is 105 cm³/mol. The Balaban J connectivity index is 2.09. The van der Waals surface area contributed by atoms with Gasteiger partial charge in [-0.25, -0.2) is 0 Å². The molecule has 0 spiro atoms. The summed E-state index contributed by atoms with van der Waals surface area (Å²) in [7, 11) is 3.07. The second-order valence-electron chi connectivity index (χ2n) is 5.99. The lowest BCUT2D eigenvalue weighted by atomic mass is 10.2. The van der Waals surface area contributed by atoms with Crippen LogP contribution in [0.1, 0.15) is 22.8 Å². The zero-order valence-corrected chi connectivity index (χ0v) is 16.4. The van der Waals surface area contributed by atoms with Crippen molar-refractivity contribution in [3.8, 4) is 17.2 Å². The number of hydrogen-bond donors (Lipinski definition) is 0. The Morgan fingerprint density at radius 1 is 1.10 bits per heavy atom. The largest absolute Gasteiger partial charge is 0.493 e. The number of ether oxygens (including phenoxy) is 3. The molecule has 154 valence electrons. The first-order valence-corrected chi connectivity index (χ1v) is 8.78. The molecule has 0 aliphatic rings. The van der Waals surface area contributed by atoms with Gasteiger partial charge in [0.25, 0.3) is 5.91 Å². The van der Waals surface area contributed by atoms with Crippen LogP contribution in [0.25, 0.3) is 0 Å². The number of amides is 1. The number of nitro benzene ring substituents is 1. The number of carbonyl (C=O) groups is 2. The van der Waals surface area contributed by atoms with Gasteiger partial charge in [0.15, 0.2) is 23.9 Å². The van der Waals surface area contributed by atoms with Crippen LogP contribution in [-0.4, -0.2) is 49.4 Å². The van der Waals surface area contributed by atoms with Gasteiger partial charge in [0.2, 0.25) is 0 Å². The van der Waals surface area contributed by atoms with Gasteiger partial charge in [-0.1, -0.05) is 6.07 Å². The summed E-state index contributed by atoms with van der Waals surface area (Å²) in [5.41, 5.74) is 0.614. The number of nitrogens with zero attached hydrogens (tertiary/aromatic N) is 2. The van der Waals surface area contributed by atoms with Crippen molar-refractivity contribution in [2.24, 2.45) is 0 Å². The summed E-state index contributed by atoms with van der Waals surface area (Å²) in [6.45, 7) is 2.18. The number of aldehydes is 1. The van der Waals surface area contributed by atoms with E-state index in [2.05, 4.69) is 0 Å². The second-order valence-corrected chi connectivity index (χ2v) is 5.99. The zero-order chi connectivity index (χ0) is 21.4. The molecule has 9 heteroatoms. The standard InChI is InChI=1S/C20H22N2O7/c1-4-21(11-14-5-8-18(27-2)19(10-14)28-3)20(24)13-29-17-7-6-15(12-23)9-16(17)22(25)26/h5-10,12H,4,11,13H2,1-3H3. The van der Waals surface area contributed by atoms with Gasteiger partial charge < -0.3 is 19.1 Å². The minimum atomic E-state index is -0.659. The fraction of sp³-hybridized carbons (Fsp3) is 0.300. The normalized spacial score (nSPS) is 10.2. The zero-order valence-electron chi connectivity index (χ0n) is 16.4. The molecule has 0 aromatic heterocycles. The third-order valence-corrected chi connectivity index (χ3v) is 4.22. The molecule has 0 unspecified atom stereocenters. The number of nitro groups is 1. The van der Waals surface area contributed by atoms with Crippen molar-refractivity contribution in [2.45, 2.75) is 13.5 Å². The summed E-state index contributed by atoms with van der Waals surface area (Å²) in [5, 5.41) is 11.2. The van der Waals surface area contributed by atoms with Crippen molar-refractivity contribution in [2.75, 3.05) is 27.4 Å². The van der Waals surface area contributed by atoms with Gasteiger partial charge in [0.1, 0.15) is 6.29 Å². The van der Waals surface area contributed by atoms with Crippen LogP contribution in [0.5, 0.6) is 17.2 Å². The molecule has 0 aliphatic heterocycles. The minimum absolute atomic E-state index is 0.0730. The molecule has 0 fully saturated rings. The molecule has 0 saturated heterocycles. The molecule has 0 saturated carbocycles. The molecule has 0 atom stereocenters. The maximum absolute atomic E-state index is 12.6. The van der Waals surface area contributed by atoms with E-state index in [1.165, 1.54) is 26.4 Å². The fourth-order valence-corrected chi connectivity index (χ4v) is 2.68. The fourth-order valence-electron chi connectivity index (χ4n) is 2.68. The summed E-state index contributed by atoms with van der Waals surface area (Å²) in [6.07, 6.45) is 0.504. The van der Waals surface area contributed by atoms with E-state index >= 15 is 0 Å². The van der Waals surface area contributed by atoms with E-state index in [0.29, 0.717) is 30.9 Å². The lowest BCUT2D eigenvalue weighted by Crippen LogP contribution is -2.34. The smallest absolute Gasteiger partial charge is 0.311 e.